The van der Waals surface area contributed by atoms with Crippen LogP contribution in [0.1, 0.15) is 0 Å². The number of hydrogen-bond donors (Lipinski definition) is 0. The molecule has 2 heteroatoms. The molecule has 0 radical (unpaired) electrons. The van der Waals surface area contributed by atoms with Gasteiger partial charge in [0.15, 0.2) is 0 Å². The van der Waals surface area contributed by atoms with E-state index < -0.39 is 0 Å². The highest BCUT2D eigenvalue weighted by atomic mass is 32.1. The van der Waals surface area contributed by atoms with Crippen LogP contribution in [0.4, 0.5) is 17.1 Å². The number of thiophene rings is 1. The van der Waals surface area contributed by atoms with Crippen LogP contribution in [0, 0.1) is 0 Å². The molecule has 9 rings (SSSR count). The van der Waals surface area contributed by atoms with Crippen LogP contribution >= 0.6 is 11.3 Å². The fourth-order valence-corrected chi connectivity index (χ4v) is 7.92. The third kappa shape index (κ3) is 4.54. The Morgan fingerprint density at radius 3 is 1.93 bits per heavy atom. The molecule has 0 amide bonds. The van der Waals surface area contributed by atoms with Gasteiger partial charge in [0.25, 0.3) is 0 Å². The molecule has 0 saturated heterocycles. The van der Waals surface area contributed by atoms with Crippen molar-refractivity contribution in [1.29, 1.82) is 0 Å². The quantitative estimate of drug-likeness (QED) is 0.189. The van der Waals surface area contributed by atoms with Gasteiger partial charge in [0, 0.05) is 37.1 Å². The first-order chi connectivity index (χ1) is 22.8. The van der Waals surface area contributed by atoms with Crippen molar-refractivity contribution in [3.8, 4) is 22.3 Å². The van der Waals surface area contributed by atoms with Crippen molar-refractivity contribution in [2.45, 2.75) is 0 Å². The molecule has 9 aromatic rings. The lowest BCUT2D eigenvalue weighted by atomic mass is 9.95. The zero-order chi connectivity index (χ0) is 30.5. The maximum Gasteiger partial charge on any atom is 0.0540 e. The van der Waals surface area contributed by atoms with Crippen molar-refractivity contribution >= 4 is 70.1 Å². The van der Waals surface area contributed by atoms with Gasteiger partial charge in [-0.2, -0.15) is 0 Å². The van der Waals surface area contributed by atoms with Crippen LogP contribution in [0.25, 0.3) is 64.0 Å². The summed E-state index contributed by atoms with van der Waals surface area (Å²) in [6.45, 7) is 0. The predicted octanol–water partition coefficient (Wildman–Crippen LogP) is 13.2. The van der Waals surface area contributed by atoms with Crippen LogP contribution < -0.4 is 4.90 Å². The summed E-state index contributed by atoms with van der Waals surface area (Å²) in [5, 5.41) is 7.59. The highest BCUT2D eigenvalue weighted by Crippen LogP contribution is 2.44. The monoisotopic (exact) mass is 603 g/mol. The third-order valence-electron chi connectivity index (χ3n) is 9.03. The lowest BCUT2D eigenvalue weighted by Gasteiger charge is -2.29. The second-order valence-electron chi connectivity index (χ2n) is 11.8. The Morgan fingerprint density at radius 1 is 0.348 bits per heavy atom. The van der Waals surface area contributed by atoms with Crippen molar-refractivity contribution in [2.24, 2.45) is 0 Å². The van der Waals surface area contributed by atoms with Crippen LogP contribution in [-0.4, -0.2) is 0 Å². The maximum atomic E-state index is 2.42. The first-order valence-corrected chi connectivity index (χ1v) is 16.5. The molecule has 0 fully saturated rings. The second kappa shape index (κ2) is 11.0. The fourth-order valence-electron chi connectivity index (χ4n) is 6.83. The van der Waals surface area contributed by atoms with Crippen molar-refractivity contribution in [3.05, 3.63) is 176 Å². The van der Waals surface area contributed by atoms with Gasteiger partial charge in [0.2, 0.25) is 0 Å². The summed E-state index contributed by atoms with van der Waals surface area (Å²) in [4.78, 5) is 2.42. The molecule has 0 aliphatic carbocycles. The Hall–Kier alpha value is -5.70. The van der Waals surface area contributed by atoms with E-state index in [-0.39, 0.29) is 0 Å². The van der Waals surface area contributed by atoms with Gasteiger partial charge in [0.1, 0.15) is 0 Å². The van der Waals surface area contributed by atoms with Gasteiger partial charge < -0.3 is 4.90 Å². The molecule has 0 aliphatic rings. The normalized spacial score (nSPS) is 11.5. The van der Waals surface area contributed by atoms with Gasteiger partial charge in [-0.3, -0.25) is 0 Å². The zero-order valence-corrected chi connectivity index (χ0v) is 25.9. The van der Waals surface area contributed by atoms with Gasteiger partial charge in [-0.25, -0.2) is 0 Å². The molecule has 0 unspecified atom stereocenters. The standard InChI is InChI=1S/C44H29NS/c1-2-13-32-27-36(25-23-30(32)11-1)45(42-21-7-5-18-39(42)38-20-10-14-31-12-3-4-17-37(31)38)35-16-9-15-33(28-35)34-24-26-44-41(29-34)40-19-6-8-22-43(40)46-44/h1-29H. The van der Waals surface area contributed by atoms with E-state index in [0.717, 1.165) is 17.1 Å². The lowest BCUT2D eigenvalue weighted by molar-refractivity contribution is 1.29. The number of nitrogens with zero attached hydrogens (tertiary/aromatic N) is 1. The molecular weight excluding hydrogens is 575 g/mol. The number of benzene rings is 8. The molecule has 0 spiro atoms. The average molecular weight is 604 g/mol. The van der Waals surface area contributed by atoms with Crippen LogP contribution in [0.15, 0.2) is 176 Å². The first kappa shape index (κ1) is 26.7. The Kier molecular flexibility index (Phi) is 6.40. The second-order valence-corrected chi connectivity index (χ2v) is 12.9. The smallest absolute Gasteiger partial charge is 0.0540 e. The SMILES string of the molecule is c1cc(-c2ccc3sc4ccccc4c3c2)cc(N(c2ccc3ccccc3c2)c2ccccc2-c2cccc3ccccc23)c1. The van der Waals surface area contributed by atoms with Gasteiger partial charge in [-0.05, 0) is 86.8 Å². The molecule has 8 aromatic carbocycles. The molecular formula is C44H29NS. The minimum Gasteiger partial charge on any atom is -0.310 e. The van der Waals surface area contributed by atoms with E-state index in [1.54, 1.807) is 0 Å². The Morgan fingerprint density at radius 2 is 1.00 bits per heavy atom. The Balaban J connectivity index is 1.26. The molecule has 0 aliphatic heterocycles. The largest absolute Gasteiger partial charge is 0.310 e. The van der Waals surface area contributed by atoms with Crippen LogP contribution in [0.2, 0.25) is 0 Å². The summed E-state index contributed by atoms with van der Waals surface area (Å²) in [6.07, 6.45) is 0. The molecule has 1 nitrogen and oxygen atoms in total. The van der Waals surface area contributed by atoms with Crippen molar-refractivity contribution in [2.75, 3.05) is 4.90 Å². The summed E-state index contributed by atoms with van der Waals surface area (Å²) in [5.41, 5.74) is 8.24. The highest BCUT2D eigenvalue weighted by molar-refractivity contribution is 7.25. The number of hydrogen-bond acceptors (Lipinski definition) is 2. The van der Waals surface area contributed by atoms with E-state index in [4.69, 9.17) is 0 Å². The topological polar surface area (TPSA) is 3.24 Å². The van der Waals surface area contributed by atoms with E-state index in [1.165, 1.54) is 64.0 Å². The number of fused-ring (bicyclic) bond motifs is 5. The summed E-state index contributed by atoms with van der Waals surface area (Å²) >= 11 is 1.86. The first-order valence-electron chi connectivity index (χ1n) is 15.7. The molecule has 1 aromatic heterocycles. The minimum atomic E-state index is 1.12. The molecule has 1 heterocycles. The fraction of sp³-hybridized carbons (Fsp3) is 0. The molecule has 0 N–H and O–H groups in total. The minimum absolute atomic E-state index is 1.12. The number of anilines is 3. The van der Waals surface area contributed by atoms with E-state index in [0.29, 0.717) is 0 Å². The van der Waals surface area contributed by atoms with E-state index in [2.05, 4.69) is 181 Å². The highest BCUT2D eigenvalue weighted by Gasteiger charge is 2.19. The molecule has 46 heavy (non-hydrogen) atoms. The predicted molar refractivity (Wildman–Crippen MR) is 200 cm³/mol. The average Bonchev–Trinajstić information content (AvgIpc) is 3.50. The van der Waals surface area contributed by atoms with E-state index in [9.17, 15) is 0 Å². The molecule has 216 valence electrons. The maximum absolute atomic E-state index is 2.42. The summed E-state index contributed by atoms with van der Waals surface area (Å²) in [5.74, 6) is 0. The van der Waals surface area contributed by atoms with E-state index >= 15 is 0 Å². The van der Waals surface area contributed by atoms with Crippen molar-refractivity contribution in [3.63, 3.8) is 0 Å². The Labute approximate surface area is 272 Å². The lowest BCUT2D eigenvalue weighted by Crippen LogP contribution is -2.11. The van der Waals surface area contributed by atoms with Gasteiger partial charge in [0.05, 0.1) is 5.69 Å². The number of rotatable bonds is 5. The van der Waals surface area contributed by atoms with Crippen LogP contribution in [0.5, 0.6) is 0 Å². The summed E-state index contributed by atoms with van der Waals surface area (Å²) in [7, 11) is 0. The Bertz CT molecular complexity index is 2550. The molecule has 0 atom stereocenters. The molecule has 0 bridgehead atoms. The summed E-state index contributed by atoms with van der Waals surface area (Å²) in [6, 6.07) is 64.1. The van der Waals surface area contributed by atoms with E-state index in [1.807, 2.05) is 11.3 Å². The van der Waals surface area contributed by atoms with Gasteiger partial charge in [-0.15, -0.1) is 11.3 Å². The van der Waals surface area contributed by atoms with Crippen molar-refractivity contribution < 1.29 is 0 Å². The number of para-hydroxylation sites is 1. The summed E-state index contributed by atoms with van der Waals surface area (Å²) < 4.78 is 2.65. The van der Waals surface area contributed by atoms with Gasteiger partial charge in [-0.1, -0.05) is 127 Å². The van der Waals surface area contributed by atoms with Crippen LogP contribution in [-0.2, 0) is 0 Å². The zero-order valence-electron chi connectivity index (χ0n) is 25.1. The molecule has 0 saturated carbocycles. The van der Waals surface area contributed by atoms with Crippen molar-refractivity contribution in [1.82, 2.24) is 0 Å². The van der Waals surface area contributed by atoms with Gasteiger partial charge >= 0.3 is 0 Å². The van der Waals surface area contributed by atoms with Crippen LogP contribution in [0.3, 0.4) is 0 Å². The third-order valence-corrected chi connectivity index (χ3v) is 10.2.